The van der Waals surface area contributed by atoms with Gasteiger partial charge in [-0.05, 0) is 37.1 Å². The molecule has 3 rings (SSSR count). The molecule has 0 atom stereocenters. The minimum absolute atomic E-state index is 0.0206. The molecule has 1 amide bonds. The smallest absolute Gasteiger partial charge is 0.257 e. The van der Waals surface area contributed by atoms with E-state index in [0.29, 0.717) is 30.4 Å². The van der Waals surface area contributed by atoms with Crippen molar-refractivity contribution in [2.45, 2.75) is 13.8 Å². The molecule has 0 N–H and O–H groups in total. The quantitative estimate of drug-likeness (QED) is 0.864. The molecule has 2 heterocycles. The Morgan fingerprint density at radius 1 is 1.08 bits per heavy atom. The molecule has 126 valence electrons. The third-order valence-electron chi connectivity index (χ3n) is 4.26. The van der Waals surface area contributed by atoms with Crippen LogP contribution in [0.2, 0.25) is 0 Å². The largest absolute Gasteiger partial charge is 0.496 e. The summed E-state index contributed by atoms with van der Waals surface area (Å²) in [6.07, 6.45) is 3.47. The van der Waals surface area contributed by atoms with Crippen LogP contribution in [0.3, 0.4) is 0 Å². The number of rotatable bonds is 3. The summed E-state index contributed by atoms with van der Waals surface area (Å²) < 4.78 is 5.46. The van der Waals surface area contributed by atoms with Gasteiger partial charge >= 0.3 is 0 Å². The highest BCUT2D eigenvalue weighted by molar-refractivity contribution is 5.97. The number of anilines is 1. The van der Waals surface area contributed by atoms with Gasteiger partial charge in [-0.1, -0.05) is 6.07 Å². The molecular weight excluding hydrogens is 304 g/mol. The van der Waals surface area contributed by atoms with Gasteiger partial charge < -0.3 is 14.5 Å². The summed E-state index contributed by atoms with van der Waals surface area (Å²) in [6.45, 7) is 6.70. The molecule has 0 bridgehead atoms. The molecule has 2 aromatic rings. The van der Waals surface area contributed by atoms with Gasteiger partial charge in [0.05, 0.1) is 12.7 Å². The predicted molar refractivity (Wildman–Crippen MR) is 92.6 cm³/mol. The van der Waals surface area contributed by atoms with Gasteiger partial charge in [0.1, 0.15) is 5.75 Å². The first-order chi connectivity index (χ1) is 11.6. The first kappa shape index (κ1) is 16.2. The number of methoxy groups -OCH3 is 1. The lowest BCUT2D eigenvalue weighted by Crippen LogP contribution is -2.49. The Morgan fingerprint density at radius 3 is 2.38 bits per heavy atom. The molecule has 6 heteroatoms. The first-order valence-corrected chi connectivity index (χ1v) is 8.06. The maximum atomic E-state index is 12.9. The highest BCUT2D eigenvalue weighted by Crippen LogP contribution is 2.27. The van der Waals surface area contributed by atoms with Crippen LogP contribution in [0.4, 0.5) is 5.95 Å². The molecule has 0 radical (unpaired) electrons. The van der Waals surface area contributed by atoms with E-state index in [9.17, 15) is 4.79 Å². The Hall–Kier alpha value is -2.63. The maximum absolute atomic E-state index is 12.9. The summed E-state index contributed by atoms with van der Waals surface area (Å²) in [4.78, 5) is 25.4. The zero-order valence-corrected chi connectivity index (χ0v) is 14.3. The van der Waals surface area contributed by atoms with E-state index in [4.69, 9.17) is 4.74 Å². The predicted octanol–water partition coefficient (Wildman–Crippen LogP) is 2.06. The van der Waals surface area contributed by atoms with Gasteiger partial charge in [0, 0.05) is 38.6 Å². The molecule has 24 heavy (non-hydrogen) atoms. The normalized spacial score (nSPS) is 14.6. The highest BCUT2D eigenvalue weighted by atomic mass is 16.5. The zero-order valence-electron chi connectivity index (χ0n) is 14.3. The van der Waals surface area contributed by atoms with Gasteiger partial charge in [0.25, 0.3) is 5.91 Å². The number of amides is 1. The number of carbonyl (C=O) groups is 1. The summed E-state index contributed by atoms with van der Waals surface area (Å²) in [5.41, 5.74) is 2.68. The maximum Gasteiger partial charge on any atom is 0.257 e. The molecule has 1 aromatic carbocycles. The molecule has 0 saturated carbocycles. The highest BCUT2D eigenvalue weighted by Gasteiger charge is 2.26. The number of hydrogen-bond acceptors (Lipinski definition) is 5. The van der Waals surface area contributed by atoms with E-state index in [1.54, 1.807) is 25.6 Å². The van der Waals surface area contributed by atoms with Crippen molar-refractivity contribution >= 4 is 11.9 Å². The number of aromatic nitrogens is 2. The number of piperazine rings is 1. The Kier molecular flexibility index (Phi) is 4.64. The van der Waals surface area contributed by atoms with Gasteiger partial charge in [0.15, 0.2) is 0 Å². The Bertz CT molecular complexity index is 725. The van der Waals surface area contributed by atoms with Crippen LogP contribution in [0.25, 0.3) is 0 Å². The number of hydrogen-bond donors (Lipinski definition) is 0. The summed E-state index contributed by atoms with van der Waals surface area (Å²) in [5, 5.41) is 0. The van der Waals surface area contributed by atoms with E-state index in [-0.39, 0.29) is 5.91 Å². The molecule has 0 spiro atoms. The van der Waals surface area contributed by atoms with Crippen molar-refractivity contribution in [3.63, 3.8) is 0 Å². The van der Waals surface area contributed by atoms with Crippen molar-refractivity contribution in [2.75, 3.05) is 38.2 Å². The molecule has 6 nitrogen and oxygen atoms in total. The van der Waals surface area contributed by atoms with E-state index in [1.807, 2.05) is 30.9 Å². The van der Waals surface area contributed by atoms with Gasteiger partial charge in [-0.25, -0.2) is 9.97 Å². The van der Waals surface area contributed by atoms with Crippen LogP contribution < -0.4 is 9.64 Å². The second-order valence-electron chi connectivity index (χ2n) is 5.99. The van der Waals surface area contributed by atoms with Crippen molar-refractivity contribution in [1.29, 1.82) is 0 Å². The lowest BCUT2D eigenvalue weighted by atomic mass is 10.0. The van der Waals surface area contributed by atoms with Crippen LogP contribution in [0.5, 0.6) is 5.75 Å². The van der Waals surface area contributed by atoms with E-state index in [0.717, 1.165) is 24.2 Å². The third kappa shape index (κ3) is 3.18. The molecule has 0 aliphatic carbocycles. The van der Waals surface area contributed by atoms with Crippen LogP contribution >= 0.6 is 0 Å². The van der Waals surface area contributed by atoms with Crippen LogP contribution in [0, 0.1) is 13.8 Å². The fourth-order valence-electron chi connectivity index (χ4n) is 3.12. The van der Waals surface area contributed by atoms with Crippen molar-refractivity contribution in [3.8, 4) is 5.75 Å². The SMILES string of the molecule is COc1c(C)cc(C)cc1C(=O)N1CCN(c2ncccn2)CC1. The van der Waals surface area contributed by atoms with E-state index >= 15 is 0 Å². The number of aryl methyl sites for hydroxylation is 2. The average Bonchev–Trinajstić information content (AvgIpc) is 2.61. The summed E-state index contributed by atoms with van der Waals surface area (Å²) in [6, 6.07) is 5.73. The topological polar surface area (TPSA) is 58.6 Å². The van der Waals surface area contributed by atoms with Crippen molar-refractivity contribution in [2.24, 2.45) is 0 Å². The third-order valence-corrected chi connectivity index (χ3v) is 4.26. The second-order valence-corrected chi connectivity index (χ2v) is 5.99. The molecule has 1 aliphatic heterocycles. The molecular formula is C18H22N4O2. The van der Waals surface area contributed by atoms with Crippen LogP contribution in [-0.4, -0.2) is 54.1 Å². The summed E-state index contributed by atoms with van der Waals surface area (Å²) in [7, 11) is 1.61. The number of nitrogens with zero attached hydrogens (tertiary/aromatic N) is 4. The molecule has 1 fully saturated rings. The van der Waals surface area contributed by atoms with Crippen LogP contribution in [-0.2, 0) is 0 Å². The Labute approximate surface area is 142 Å². The van der Waals surface area contributed by atoms with Gasteiger partial charge in [-0.2, -0.15) is 0 Å². The van der Waals surface area contributed by atoms with E-state index in [2.05, 4.69) is 14.9 Å². The lowest BCUT2D eigenvalue weighted by Gasteiger charge is -2.35. The zero-order chi connectivity index (χ0) is 17.1. The molecule has 1 aromatic heterocycles. The van der Waals surface area contributed by atoms with Gasteiger partial charge in [-0.15, -0.1) is 0 Å². The Morgan fingerprint density at radius 2 is 1.75 bits per heavy atom. The van der Waals surface area contributed by atoms with Gasteiger partial charge in [-0.3, -0.25) is 4.79 Å². The number of carbonyl (C=O) groups excluding carboxylic acids is 1. The fourth-order valence-corrected chi connectivity index (χ4v) is 3.12. The van der Waals surface area contributed by atoms with E-state index < -0.39 is 0 Å². The molecule has 1 aliphatic rings. The van der Waals surface area contributed by atoms with E-state index in [1.165, 1.54) is 0 Å². The minimum atomic E-state index is 0.0206. The van der Waals surface area contributed by atoms with Crippen LogP contribution in [0.1, 0.15) is 21.5 Å². The average molecular weight is 326 g/mol. The molecule has 1 saturated heterocycles. The van der Waals surface area contributed by atoms with Gasteiger partial charge in [0.2, 0.25) is 5.95 Å². The Balaban J connectivity index is 1.74. The standard InChI is InChI=1S/C18H22N4O2/c1-13-11-14(2)16(24-3)15(12-13)17(23)21-7-9-22(10-8-21)18-19-5-4-6-20-18/h4-6,11-12H,7-10H2,1-3H3. The van der Waals surface area contributed by atoms with Crippen molar-refractivity contribution in [3.05, 3.63) is 47.3 Å². The molecule has 0 unspecified atom stereocenters. The number of benzene rings is 1. The first-order valence-electron chi connectivity index (χ1n) is 8.06. The summed E-state index contributed by atoms with van der Waals surface area (Å²) in [5.74, 6) is 1.40. The second kappa shape index (κ2) is 6.86. The fraction of sp³-hybridized carbons (Fsp3) is 0.389. The summed E-state index contributed by atoms with van der Waals surface area (Å²) >= 11 is 0. The minimum Gasteiger partial charge on any atom is -0.496 e. The van der Waals surface area contributed by atoms with Crippen molar-refractivity contribution in [1.82, 2.24) is 14.9 Å². The van der Waals surface area contributed by atoms with Crippen LogP contribution in [0.15, 0.2) is 30.6 Å². The van der Waals surface area contributed by atoms with Crippen molar-refractivity contribution < 1.29 is 9.53 Å². The monoisotopic (exact) mass is 326 g/mol. The lowest BCUT2D eigenvalue weighted by molar-refractivity contribution is 0.0742. The number of ether oxygens (including phenoxy) is 1.